The minimum Gasteiger partial charge on any atom is -0.274 e. The molecular formula is C7H6N4. The zero-order valence-corrected chi connectivity index (χ0v) is 5.75. The molecule has 0 N–H and O–H groups in total. The van der Waals surface area contributed by atoms with Crippen molar-refractivity contribution >= 4 is 0 Å². The van der Waals surface area contributed by atoms with Crippen molar-refractivity contribution in [1.29, 1.82) is 0 Å². The minimum absolute atomic E-state index is 0.644. The summed E-state index contributed by atoms with van der Waals surface area (Å²) in [6.07, 6.45) is 8.55. The summed E-state index contributed by atoms with van der Waals surface area (Å²) >= 11 is 0. The van der Waals surface area contributed by atoms with E-state index >= 15 is 0 Å². The van der Waals surface area contributed by atoms with Crippen LogP contribution in [0.25, 0.3) is 5.95 Å². The molecule has 2 rings (SSSR count). The Labute approximate surface area is 63.6 Å². The standard InChI is InChI=1S/C7H6N4/c1-2-9-7(10-3-1)11-5-4-8-6-11/h1-6H. The summed E-state index contributed by atoms with van der Waals surface area (Å²) in [6.45, 7) is 0. The third kappa shape index (κ3) is 1.10. The van der Waals surface area contributed by atoms with Crippen molar-refractivity contribution in [2.45, 2.75) is 0 Å². The molecule has 0 saturated heterocycles. The van der Waals surface area contributed by atoms with Crippen LogP contribution in [0.5, 0.6) is 0 Å². The van der Waals surface area contributed by atoms with Gasteiger partial charge in [0, 0.05) is 24.8 Å². The summed E-state index contributed by atoms with van der Waals surface area (Å²) in [4.78, 5) is 11.9. The Balaban J connectivity index is 2.46. The van der Waals surface area contributed by atoms with Gasteiger partial charge in [-0.05, 0) is 6.07 Å². The van der Waals surface area contributed by atoms with E-state index in [0.29, 0.717) is 5.95 Å². The molecule has 2 aromatic heterocycles. The monoisotopic (exact) mass is 146 g/mol. The van der Waals surface area contributed by atoms with E-state index in [4.69, 9.17) is 0 Å². The van der Waals surface area contributed by atoms with Crippen molar-refractivity contribution in [1.82, 2.24) is 19.5 Å². The lowest BCUT2D eigenvalue weighted by atomic mass is 10.7. The molecule has 4 nitrogen and oxygen atoms in total. The molecule has 0 radical (unpaired) electrons. The summed E-state index contributed by atoms with van der Waals surface area (Å²) in [5, 5.41) is 0. The molecule has 54 valence electrons. The molecular weight excluding hydrogens is 140 g/mol. The van der Waals surface area contributed by atoms with E-state index in [1.54, 1.807) is 41.7 Å². The first-order chi connectivity index (χ1) is 5.47. The Morgan fingerprint density at radius 2 is 1.91 bits per heavy atom. The van der Waals surface area contributed by atoms with Crippen LogP contribution in [-0.2, 0) is 0 Å². The van der Waals surface area contributed by atoms with E-state index in [1.807, 2.05) is 0 Å². The number of hydrogen-bond acceptors (Lipinski definition) is 3. The maximum atomic E-state index is 4.03. The number of nitrogens with zero attached hydrogens (tertiary/aromatic N) is 4. The second-order valence-electron chi connectivity index (χ2n) is 2.02. The zero-order valence-electron chi connectivity index (χ0n) is 5.75. The van der Waals surface area contributed by atoms with Crippen LogP contribution in [0.3, 0.4) is 0 Å². The van der Waals surface area contributed by atoms with Gasteiger partial charge in [0.05, 0.1) is 0 Å². The molecule has 0 aliphatic rings. The molecule has 2 heterocycles. The van der Waals surface area contributed by atoms with E-state index in [1.165, 1.54) is 0 Å². The number of hydrogen-bond donors (Lipinski definition) is 0. The minimum atomic E-state index is 0.644. The molecule has 0 atom stereocenters. The SMILES string of the molecule is c1cnc(-n2ccnc2)nc1. The van der Waals surface area contributed by atoms with Gasteiger partial charge in [0.2, 0.25) is 5.95 Å². The maximum absolute atomic E-state index is 4.03. The van der Waals surface area contributed by atoms with Crippen LogP contribution in [0.4, 0.5) is 0 Å². The fraction of sp³-hybridized carbons (Fsp3) is 0. The third-order valence-corrected chi connectivity index (χ3v) is 1.29. The highest BCUT2D eigenvalue weighted by Crippen LogP contribution is 1.95. The van der Waals surface area contributed by atoms with E-state index in [0.717, 1.165) is 0 Å². The van der Waals surface area contributed by atoms with Gasteiger partial charge < -0.3 is 0 Å². The Hall–Kier alpha value is -1.71. The first-order valence-electron chi connectivity index (χ1n) is 3.22. The van der Waals surface area contributed by atoms with Crippen molar-refractivity contribution in [2.75, 3.05) is 0 Å². The van der Waals surface area contributed by atoms with Crippen molar-refractivity contribution < 1.29 is 0 Å². The fourth-order valence-corrected chi connectivity index (χ4v) is 0.802. The average molecular weight is 146 g/mol. The Morgan fingerprint density at radius 1 is 1.09 bits per heavy atom. The predicted molar refractivity (Wildman–Crippen MR) is 39.2 cm³/mol. The van der Waals surface area contributed by atoms with Gasteiger partial charge in [-0.1, -0.05) is 0 Å². The second kappa shape index (κ2) is 2.49. The van der Waals surface area contributed by atoms with E-state index in [9.17, 15) is 0 Å². The van der Waals surface area contributed by atoms with E-state index < -0.39 is 0 Å². The number of rotatable bonds is 1. The molecule has 0 bridgehead atoms. The van der Waals surface area contributed by atoms with Gasteiger partial charge in [0.25, 0.3) is 0 Å². The summed E-state index contributed by atoms with van der Waals surface area (Å²) in [7, 11) is 0. The molecule has 0 aromatic carbocycles. The van der Waals surface area contributed by atoms with Gasteiger partial charge >= 0.3 is 0 Å². The van der Waals surface area contributed by atoms with Crippen LogP contribution >= 0.6 is 0 Å². The molecule has 0 aliphatic heterocycles. The van der Waals surface area contributed by atoms with E-state index in [-0.39, 0.29) is 0 Å². The van der Waals surface area contributed by atoms with Gasteiger partial charge in [0.15, 0.2) is 0 Å². The summed E-state index contributed by atoms with van der Waals surface area (Å²) < 4.78 is 1.75. The molecule has 0 unspecified atom stereocenters. The lowest BCUT2D eigenvalue weighted by Crippen LogP contribution is -1.95. The van der Waals surface area contributed by atoms with Gasteiger partial charge in [-0.25, -0.2) is 15.0 Å². The Bertz CT molecular complexity index is 313. The molecule has 0 fully saturated rings. The molecule has 4 heteroatoms. The summed E-state index contributed by atoms with van der Waals surface area (Å²) in [6, 6.07) is 1.78. The number of imidazole rings is 1. The van der Waals surface area contributed by atoms with Crippen LogP contribution in [-0.4, -0.2) is 19.5 Å². The van der Waals surface area contributed by atoms with Crippen molar-refractivity contribution in [3.63, 3.8) is 0 Å². The van der Waals surface area contributed by atoms with Crippen LogP contribution in [0.2, 0.25) is 0 Å². The van der Waals surface area contributed by atoms with Crippen LogP contribution < -0.4 is 0 Å². The molecule has 11 heavy (non-hydrogen) atoms. The molecule has 0 spiro atoms. The van der Waals surface area contributed by atoms with Crippen LogP contribution in [0.1, 0.15) is 0 Å². The first-order valence-corrected chi connectivity index (χ1v) is 3.22. The summed E-state index contributed by atoms with van der Waals surface area (Å²) in [5.41, 5.74) is 0. The highest BCUT2D eigenvalue weighted by Gasteiger charge is 1.93. The molecule has 0 saturated carbocycles. The largest absolute Gasteiger partial charge is 0.274 e. The van der Waals surface area contributed by atoms with Gasteiger partial charge in [-0.2, -0.15) is 0 Å². The van der Waals surface area contributed by atoms with Crippen molar-refractivity contribution in [2.24, 2.45) is 0 Å². The smallest absolute Gasteiger partial charge is 0.234 e. The normalized spacial score (nSPS) is 9.82. The van der Waals surface area contributed by atoms with E-state index in [2.05, 4.69) is 15.0 Å². The quantitative estimate of drug-likeness (QED) is 0.593. The van der Waals surface area contributed by atoms with Crippen molar-refractivity contribution in [3.05, 3.63) is 37.2 Å². The lowest BCUT2D eigenvalue weighted by molar-refractivity contribution is 0.925. The molecule has 0 amide bonds. The molecule has 2 aromatic rings. The molecule has 0 aliphatic carbocycles. The fourth-order valence-electron chi connectivity index (χ4n) is 0.802. The zero-order chi connectivity index (χ0) is 7.52. The predicted octanol–water partition coefficient (Wildman–Crippen LogP) is 0.662. The Kier molecular flexibility index (Phi) is 1.37. The van der Waals surface area contributed by atoms with Gasteiger partial charge in [-0.3, -0.25) is 4.57 Å². The maximum Gasteiger partial charge on any atom is 0.234 e. The second-order valence-corrected chi connectivity index (χ2v) is 2.02. The van der Waals surface area contributed by atoms with Crippen molar-refractivity contribution in [3.8, 4) is 5.95 Å². The third-order valence-electron chi connectivity index (χ3n) is 1.29. The Morgan fingerprint density at radius 3 is 2.55 bits per heavy atom. The van der Waals surface area contributed by atoms with Crippen LogP contribution in [0.15, 0.2) is 37.2 Å². The average Bonchev–Trinajstić information content (AvgIpc) is 2.58. The highest BCUT2D eigenvalue weighted by molar-refractivity contribution is 5.08. The topological polar surface area (TPSA) is 43.6 Å². The number of aromatic nitrogens is 4. The highest BCUT2D eigenvalue weighted by atomic mass is 15.2. The lowest BCUT2D eigenvalue weighted by Gasteiger charge is -1.95. The van der Waals surface area contributed by atoms with Crippen LogP contribution in [0, 0.1) is 0 Å². The van der Waals surface area contributed by atoms with Gasteiger partial charge in [0.1, 0.15) is 6.33 Å². The van der Waals surface area contributed by atoms with Gasteiger partial charge in [-0.15, -0.1) is 0 Å². The summed E-state index contributed by atoms with van der Waals surface area (Å²) in [5.74, 6) is 0.644. The first kappa shape index (κ1) is 6.03.